The van der Waals surface area contributed by atoms with Crippen molar-refractivity contribution >= 4 is 5.69 Å². The van der Waals surface area contributed by atoms with Crippen LogP contribution in [0, 0.1) is 20.8 Å². The first kappa shape index (κ1) is 19.1. The third-order valence-corrected chi connectivity index (χ3v) is 4.51. The second kappa shape index (κ2) is 11.6. The maximum atomic E-state index is 3.63. The highest BCUT2D eigenvalue weighted by molar-refractivity contribution is 5.58. The quantitative estimate of drug-likeness (QED) is 0.412. The first-order chi connectivity index (χ1) is 10.6. The highest BCUT2D eigenvalue weighted by atomic mass is 14.9. The minimum absolute atomic E-state index is 1.11. The van der Waals surface area contributed by atoms with E-state index in [2.05, 4.69) is 45.1 Å². The SMILES string of the molecule is CCCCCCCCCCCCNc1c(C)cc(C)cc1C. The lowest BCUT2D eigenvalue weighted by atomic mass is 10.0. The Labute approximate surface area is 138 Å². The molecule has 0 spiro atoms. The summed E-state index contributed by atoms with van der Waals surface area (Å²) in [6.45, 7) is 9.99. The van der Waals surface area contributed by atoms with Crippen molar-refractivity contribution in [1.82, 2.24) is 0 Å². The van der Waals surface area contributed by atoms with Crippen LogP contribution < -0.4 is 5.32 Å². The molecule has 0 unspecified atom stereocenters. The fourth-order valence-electron chi connectivity index (χ4n) is 3.28. The first-order valence-corrected chi connectivity index (χ1v) is 9.47. The van der Waals surface area contributed by atoms with E-state index < -0.39 is 0 Å². The van der Waals surface area contributed by atoms with Gasteiger partial charge in [0.05, 0.1) is 0 Å². The van der Waals surface area contributed by atoms with Gasteiger partial charge in [0.25, 0.3) is 0 Å². The van der Waals surface area contributed by atoms with E-state index in [4.69, 9.17) is 0 Å². The Hall–Kier alpha value is -0.980. The predicted octanol–water partition coefficient (Wildman–Crippen LogP) is 6.94. The summed E-state index contributed by atoms with van der Waals surface area (Å²) in [5.41, 5.74) is 5.47. The minimum atomic E-state index is 1.11. The Balaban J connectivity index is 2.02. The van der Waals surface area contributed by atoms with Gasteiger partial charge in [0.15, 0.2) is 0 Å². The average molecular weight is 304 g/mol. The summed E-state index contributed by atoms with van der Waals surface area (Å²) in [7, 11) is 0. The molecule has 1 aromatic carbocycles. The predicted molar refractivity (Wildman–Crippen MR) is 101 cm³/mol. The second-order valence-electron chi connectivity index (χ2n) is 6.88. The Bertz CT molecular complexity index is 385. The van der Waals surface area contributed by atoms with Gasteiger partial charge in [0, 0.05) is 12.2 Å². The average Bonchev–Trinajstić information content (AvgIpc) is 2.46. The van der Waals surface area contributed by atoms with Crippen LogP contribution in [0.4, 0.5) is 5.69 Å². The molecule has 0 saturated carbocycles. The van der Waals surface area contributed by atoms with Crippen molar-refractivity contribution in [3.05, 3.63) is 28.8 Å². The molecule has 0 atom stereocenters. The highest BCUT2D eigenvalue weighted by Gasteiger charge is 2.02. The lowest BCUT2D eigenvalue weighted by Crippen LogP contribution is -2.05. The normalized spacial score (nSPS) is 10.9. The molecule has 0 bridgehead atoms. The molecular weight excluding hydrogens is 266 g/mol. The lowest BCUT2D eigenvalue weighted by molar-refractivity contribution is 0.560. The molecule has 0 radical (unpaired) electrons. The van der Waals surface area contributed by atoms with Crippen molar-refractivity contribution < 1.29 is 0 Å². The molecule has 1 N–H and O–H groups in total. The van der Waals surface area contributed by atoms with Crippen LogP contribution in [0.5, 0.6) is 0 Å². The van der Waals surface area contributed by atoms with E-state index in [1.165, 1.54) is 86.6 Å². The first-order valence-electron chi connectivity index (χ1n) is 9.47. The Morgan fingerprint density at radius 3 is 1.64 bits per heavy atom. The standard InChI is InChI=1S/C21H37N/c1-5-6-7-8-9-10-11-12-13-14-15-22-21-19(3)16-18(2)17-20(21)4/h16-17,22H,5-15H2,1-4H3. The topological polar surface area (TPSA) is 12.0 Å². The van der Waals surface area contributed by atoms with Gasteiger partial charge in [0.2, 0.25) is 0 Å². The number of nitrogens with one attached hydrogen (secondary N) is 1. The van der Waals surface area contributed by atoms with Crippen LogP contribution in [-0.2, 0) is 0 Å². The van der Waals surface area contributed by atoms with E-state index in [1.807, 2.05) is 0 Å². The molecule has 126 valence electrons. The summed E-state index contributed by atoms with van der Waals surface area (Å²) in [5.74, 6) is 0. The number of anilines is 1. The Morgan fingerprint density at radius 1 is 0.682 bits per heavy atom. The Kier molecular flexibility index (Phi) is 10.0. The smallest absolute Gasteiger partial charge is 0.0399 e. The van der Waals surface area contributed by atoms with Gasteiger partial charge in [-0.2, -0.15) is 0 Å². The van der Waals surface area contributed by atoms with Gasteiger partial charge < -0.3 is 5.32 Å². The van der Waals surface area contributed by atoms with Crippen molar-refractivity contribution in [3.8, 4) is 0 Å². The van der Waals surface area contributed by atoms with Crippen LogP contribution in [0.3, 0.4) is 0 Å². The summed E-state index contributed by atoms with van der Waals surface area (Å²) >= 11 is 0. The fourth-order valence-corrected chi connectivity index (χ4v) is 3.28. The summed E-state index contributed by atoms with van der Waals surface area (Å²) in [6.07, 6.45) is 14.0. The molecular formula is C21H37N. The van der Waals surface area contributed by atoms with E-state index >= 15 is 0 Å². The number of hydrogen-bond donors (Lipinski definition) is 1. The van der Waals surface area contributed by atoms with Crippen molar-refractivity contribution in [1.29, 1.82) is 0 Å². The lowest BCUT2D eigenvalue weighted by Gasteiger charge is -2.13. The van der Waals surface area contributed by atoms with Crippen LogP contribution in [0.1, 0.15) is 87.8 Å². The molecule has 1 aromatic rings. The number of rotatable bonds is 12. The summed E-state index contributed by atoms with van der Waals surface area (Å²) in [4.78, 5) is 0. The van der Waals surface area contributed by atoms with Crippen LogP contribution in [0.2, 0.25) is 0 Å². The molecule has 0 aliphatic carbocycles. The van der Waals surface area contributed by atoms with Crippen LogP contribution in [0.15, 0.2) is 12.1 Å². The number of unbranched alkanes of at least 4 members (excludes halogenated alkanes) is 9. The van der Waals surface area contributed by atoms with E-state index in [-0.39, 0.29) is 0 Å². The molecule has 1 heteroatoms. The number of aryl methyl sites for hydroxylation is 3. The van der Waals surface area contributed by atoms with E-state index in [9.17, 15) is 0 Å². The molecule has 0 heterocycles. The maximum absolute atomic E-state index is 3.63. The molecule has 1 nitrogen and oxygen atoms in total. The van der Waals surface area contributed by atoms with Gasteiger partial charge >= 0.3 is 0 Å². The Morgan fingerprint density at radius 2 is 1.14 bits per heavy atom. The van der Waals surface area contributed by atoms with Gasteiger partial charge in [-0.15, -0.1) is 0 Å². The molecule has 22 heavy (non-hydrogen) atoms. The minimum Gasteiger partial charge on any atom is -0.385 e. The summed E-state index contributed by atoms with van der Waals surface area (Å²) in [6, 6.07) is 4.54. The maximum Gasteiger partial charge on any atom is 0.0399 e. The van der Waals surface area contributed by atoms with Crippen molar-refractivity contribution in [2.75, 3.05) is 11.9 Å². The second-order valence-corrected chi connectivity index (χ2v) is 6.88. The van der Waals surface area contributed by atoms with Crippen molar-refractivity contribution in [3.63, 3.8) is 0 Å². The van der Waals surface area contributed by atoms with Gasteiger partial charge in [-0.25, -0.2) is 0 Å². The zero-order valence-corrected chi connectivity index (χ0v) is 15.4. The van der Waals surface area contributed by atoms with Crippen LogP contribution in [0.25, 0.3) is 0 Å². The van der Waals surface area contributed by atoms with Crippen LogP contribution in [-0.4, -0.2) is 6.54 Å². The fraction of sp³-hybridized carbons (Fsp3) is 0.714. The molecule has 0 saturated heterocycles. The van der Waals surface area contributed by atoms with Gasteiger partial charge in [-0.3, -0.25) is 0 Å². The summed E-state index contributed by atoms with van der Waals surface area (Å²) in [5, 5.41) is 3.63. The van der Waals surface area contributed by atoms with E-state index in [1.54, 1.807) is 0 Å². The van der Waals surface area contributed by atoms with E-state index in [0.29, 0.717) is 0 Å². The van der Waals surface area contributed by atoms with Crippen LogP contribution >= 0.6 is 0 Å². The summed E-state index contributed by atoms with van der Waals surface area (Å²) < 4.78 is 0. The molecule has 0 amide bonds. The largest absolute Gasteiger partial charge is 0.385 e. The van der Waals surface area contributed by atoms with Crippen molar-refractivity contribution in [2.24, 2.45) is 0 Å². The zero-order valence-electron chi connectivity index (χ0n) is 15.4. The number of benzene rings is 1. The van der Waals surface area contributed by atoms with Crippen molar-refractivity contribution in [2.45, 2.75) is 91.9 Å². The number of hydrogen-bond acceptors (Lipinski definition) is 1. The third kappa shape index (κ3) is 7.87. The van der Waals surface area contributed by atoms with Gasteiger partial charge in [-0.05, 0) is 38.3 Å². The van der Waals surface area contributed by atoms with Gasteiger partial charge in [-0.1, -0.05) is 82.4 Å². The van der Waals surface area contributed by atoms with Gasteiger partial charge in [0.1, 0.15) is 0 Å². The molecule has 0 aliphatic heterocycles. The molecule has 0 aromatic heterocycles. The monoisotopic (exact) mass is 303 g/mol. The molecule has 0 aliphatic rings. The molecule has 1 rings (SSSR count). The van der Waals surface area contributed by atoms with E-state index in [0.717, 1.165) is 6.54 Å². The molecule has 0 fully saturated rings. The highest BCUT2D eigenvalue weighted by Crippen LogP contribution is 2.22. The third-order valence-electron chi connectivity index (χ3n) is 4.51. The zero-order chi connectivity index (χ0) is 16.2.